The third-order valence-corrected chi connectivity index (χ3v) is 4.70. The Morgan fingerprint density at radius 3 is 1.90 bits per heavy atom. The van der Waals surface area contributed by atoms with E-state index in [4.69, 9.17) is 0 Å². The lowest BCUT2D eigenvalue weighted by molar-refractivity contribution is -0.122. The van der Waals surface area contributed by atoms with Crippen LogP contribution in [0.2, 0.25) is 0 Å². The molecule has 1 aromatic carbocycles. The van der Waals surface area contributed by atoms with Gasteiger partial charge in [0.1, 0.15) is 0 Å². The number of hydrogen-bond donors (Lipinski definition) is 0. The third-order valence-electron chi connectivity index (χ3n) is 4.70. The van der Waals surface area contributed by atoms with Crippen molar-refractivity contribution in [3.63, 3.8) is 0 Å². The normalized spacial score (nSPS) is 26.2. The number of amides is 2. The molecule has 3 rings (SSSR count). The van der Waals surface area contributed by atoms with Gasteiger partial charge in [0.15, 0.2) is 0 Å². The van der Waals surface area contributed by atoms with Gasteiger partial charge in [0.25, 0.3) is 0 Å². The van der Waals surface area contributed by atoms with E-state index in [2.05, 4.69) is 13.8 Å². The van der Waals surface area contributed by atoms with Crippen molar-refractivity contribution in [3.8, 4) is 0 Å². The molecule has 1 aliphatic carbocycles. The molecule has 20 heavy (non-hydrogen) atoms. The number of nitrogens with zero attached hydrogens (tertiary/aromatic N) is 1. The van der Waals surface area contributed by atoms with Gasteiger partial charge in [-0.25, -0.2) is 4.90 Å². The van der Waals surface area contributed by atoms with E-state index >= 15 is 0 Å². The molecule has 0 bridgehead atoms. The molecule has 1 saturated heterocycles. The van der Waals surface area contributed by atoms with Gasteiger partial charge >= 0.3 is 0 Å². The van der Waals surface area contributed by atoms with Gasteiger partial charge in [-0.3, -0.25) is 9.59 Å². The topological polar surface area (TPSA) is 37.4 Å². The van der Waals surface area contributed by atoms with E-state index in [1.165, 1.54) is 16.0 Å². The molecule has 104 valence electrons. The predicted molar refractivity (Wildman–Crippen MR) is 78.3 cm³/mol. The molecule has 2 atom stereocenters. The quantitative estimate of drug-likeness (QED) is 0.580. The molecule has 2 amide bonds. The Kier molecular flexibility index (Phi) is 3.00. The van der Waals surface area contributed by atoms with Crippen LogP contribution < -0.4 is 4.90 Å². The van der Waals surface area contributed by atoms with Crippen molar-refractivity contribution in [2.24, 2.45) is 11.8 Å². The molecule has 0 aromatic heterocycles. The van der Waals surface area contributed by atoms with Gasteiger partial charge < -0.3 is 0 Å². The monoisotopic (exact) mass is 269 g/mol. The van der Waals surface area contributed by atoms with Crippen LogP contribution in [0.3, 0.4) is 0 Å². The Hall–Kier alpha value is -1.90. The minimum absolute atomic E-state index is 0.0267. The summed E-state index contributed by atoms with van der Waals surface area (Å²) in [6.45, 7) is 6.08. The van der Waals surface area contributed by atoms with Gasteiger partial charge in [0, 0.05) is 0 Å². The zero-order chi connectivity index (χ0) is 14.4. The standard InChI is InChI=1S/C17H19NO2/c1-10-6-4-5-7-15(10)18-16(19)13-8-11(2)12(3)9-14(13)17(18)20/h4-7,13-14H,8-9H2,1-3H3/t13-,14+. The molecule has 2 aliphatic rings. The first kappa shape index (κ1) is 13.1. The van der Waals surface area contributed by atoms with Crippen LogP contribution in [0.15, 0.2) is 35.4 Å². The first-order chi connectivity index (χ1) is 9.50. The highest BCUT2D eigenvalue weighted by Crippen LogP contribution is 2.42. The van der Waals surface area contributed by atoms with Crippen LogP contribution in [0.4, 0.5) is 5.69 Å². The number of allylic oxidation sites excluding steroid dienone is 2. The number of imide groups is 1. The van der Waals surface area contributed by atoms with Crippen LogP contribution in [0, 0.1) is 18.8 Å². The molecule has 3 nitrogen and oxygen atoms in total. The fourth-order valence-electron chi connectivity index (χ4n) is 3.30. The second-order valence-corrected chi connectivity index (χ2v) is 5.98. The SMILES string of the molecule is CC1=C(C)C[C@H]2C(=O)N(c3ccccc3C)C(=O)[C@H]2C1. The number of hydrogen-bond acceptors (Lipinski definition) is 2. The molecule has 0 spiro atoms. The maximum absolute atomic E-state index is 12.6. The van der Waals surface area contributed by atoms with Crippen molar-refractivity contribution in [1.82, 2.24) is 0 Å². The Morgan fingerprint density at radius 2 is 1.40 bits per heavy atom. The number of benzene rings is 1. The maximum atomic E-state index is 12.6. The molecule has 1 fully saturated rings. The number of aryl methyl sites for hydroxylation is 1. The summed E-state index contributed by atoms with van der Waals surface area (Å²) < 4.78 is 0. The summed E-state index contributed by atoms with van der Waals surface area (Å²) in [6.07, 6.45) is 1.45. The van der Waals surface area contributed by atoms with Crippen LogP contribution in [0.25, 0.3) is 0 Å². The van der Waals surface area contributed by atoms with Crippen molar-refractivity contribution >= 4 is 17.5 Å². The van der Waals surface area contributed by atoms with Crippen LogP contribution in [0.5, 0.6) is 0 Å². The van der Waals surface area contributed by atoms with Gasteiger partial charge in [0.05, 0.1) is 17.5 Å². The summed E-state index contributed by atoms with van der Waals surface area (Å²) in [5.74, 6) is -0.376. The largest absolute Gasteiger partial charge is 0.274 e. The molecular weight excluding hydrogens is 250 g/mol. The lowest BCUT2D eigenvalue weighted by atomic mass is 9.78. The fourth-order valence-corrected chi connectivity index (χ4v) is 3.30. The van der Waals surface area contributed by atoms with Crippen LogP contribution in [0.1, 0.15) is 32.3 Å². The third kappa shape index (κ3) is 1.80. The minimum Gasteiger partial charge on any atom is -0.274 e. The summed E-state index contributed by atoms with van der Waals surface area (Å²) in [5.41, 5.74) is 4.24. The Bertz CT molecular complexity index is 598. The molecule has 3 heteroatoms. The smallest absolute Gasteiger partial charge is 0.238 e. The van der Waals surface area contributed by atoms with Gasteiger partial charge in [-0.1, -0.05) is 29.3 Å². The molecule has 0 radical (unpaired) electrons. The number of anilines is 1. The van der Waals surface area contributed by atoms with Gasteiger partial charge in [-0.2, -0.15) is 0 Å². The number of para-hydroxylation sites is 1. The lowest BCUT2D eigenvalue weighted by Crippen LogP contribution is -2.31. The summed E-state index contributed by atoms with van der Waals surface area (Å²) in [4.78, 5) is 26.7. The molecule has 0 N–H and O–H groups in total. The minimum atomic E-state index is -0.161. The average molecular weight is 269 g/mol. The van der Waals surface area contributed by atoms with E-state index in [0.29, 0.717) is 0 Å². The van der Waals surface area contributed by atoms with E-state index in [0.717, 1.165) is 24.1 Å². The summed E-state index contributed by atoms with van der Waals surface area (Å²) in [6, 6.07) is 7.59. The van der Waals surface area contributed by atoms with Gasteiger partial charge in [0.2, 0.25) is 11.8 Å². The zero-order valence-electron chi connectivity index (χ0n) is 12.1. The Balaban J connectivity index is 2.00. The van der Waals surface area contributed by atoms with E-state index < -0.39 is 0 Å². The molecule has 1 heterocycles. The highest BCUT2D eigenvalue weighted by Gasteiger charge is 2.49. The van der Waals surface area contributed by atoms with Crippen molar-refractivity contribution in [3.05, 3.63) is 41.0 Å². The van der Waals surface area contributed by atoms with Gasteiger partial charge in [-0.05, 0) is 45.2 Å². The lowest BCUT2D eigenvalue weighted by Gasteiger charge is -2.23. The van der Waals surface area contributed by atoms with E-state index in [1.807, 2.05) is 31.2 Å². The molecule has 1 aliphatic heterocycles. The van der Waals surface area contributed by atoms with E-state index in [-0.39, 0.29) is 23.7 Å². The predicted octanol–water partition coefficient (Wildman–Crippen LogP) is 3.23. The van der Waals surface area contributed by atoms with Crippen molar-refractivity contribution < 1.29 is 9.59 Å². The van der Waals surface area contributed by atoms with E-state index in [9.17, 15) is 9.59 Å². The average Bonchev–Trinajstić information content (AvgIpc) is 2.64. The molecular formula is C17H19NO2. The molecule has 0 unspecified atom stereocenters. The number of carbonyl (C=O) groups is 2. The Morgan fingerprint density at radius 1 is 0.900 bits per heavy atom. The summed E-state index contributed by atoms with van der Waals surface area (Å²) >= 11 is 0. The van der Waals surface area contributed by atoms with Crippen molar-refractivity contribution in [1.29, 1.82) is 0 Å². The second kappa shape index (κ2) is 4.58. The van der Waals surface area contributed by atoms with Crippen LogP contribution in [-0.2, 0) is 9.59 Å². The van der Waals surface area contributed by atoms with Crippen molar-refractivity contribution in [2.75, 3.05) is 4.90 Å². The first-order valence-corrected chi connectivity index (χ1v) is 7.09. The van der Waals surface area contributed by atoms with Gasteiger partial charge in [-0.15, -0.1) is 0 Å². The zero-order valence-corrected chi connectivity index (χ0v) is 12.1. The highest BCUT2D eigenvalue weighted by molar-refractivity contribution is 6.22. The van der Waals surface area contributed by atoms with Crippen LogP contribution in [-0.4, -0.2) is 11.8 Å². The number of carbonyl (C=O) groups excluding carboxylic acids is 2. The fraction of sp³-hybridized carbons (Fsp3) is 0.412. The van der Waals surface area contributed by atoms with Crippen molar-refractivity contribution in [2.45, 2.75) is 33.6 Å². The summed E-state index contributed by atoms with van der Waals surface area (Å²) in [7, 11) is 0. The molecule has 0 saturated carbocycles. The molecule has 1 aromatic rings. The number of fused-ring (bicyclic) bond motifs is 1. The summed E-state index contributed by atoms with van der Waals surface area (Å²) in [5, 5.41) is 0. The highest BCUT2D eigenvalue weighted by atomic mass is 16.2. The number of rotatable bonds is 1. The Labute approximate surface area is 119 Å². The maximum Gasteiger partial charge on any atom is 0.238 e. The van der Waals surface area contributed by atoms with Crippen LogP contribution >= 0.6 is 0 Å². The van der Waals surface area contributed by atoms with E-state index in [1.54, 1.807) is 0 Å². The first-order valence-electron chi connectivity index (χ1n) is 7.09. The second-order valence-electron chi connectivity index (χ2n) is 5.98.